The van der Waals surface area contributed by atoms with E-state index in [2.05, 4.69) is 25.0 Å². The van der Waals surface area contributed by atoms with Crippen LogP contribution >= 0.6 is 0 Å². The normalized spacial score (nSPS) is 10.6. The van der Waals surface area contributed by atoms with Crippen LogP contribution < -0.4 is 11.1 Å². The molecular weight excluding hydrogens is 258 g/mol. The molecule has 0 spiro atoms. The van der Waals surface area contributed by atoms with Gasteiger partial charge in [-0.05, 0) is 11.5 Å². The number of nitrogens with two attached hydrogens (primary N) is 1. The fourth-order valence-electron chi connectivity index (χ4n) is 1.86. The van der Waals surface area contributed by atoms with E-state index in [4.69, 9.17) is 5.73 Å². The summed E-state index contributed by atoms with van der Waals surface area (Å²) in [5, 5.41) is 7.94. The van der Waals surface area contributed by atoms with Crippen LogP contribution in [0.1, 0.15) is 16.3 Å². The molecule has 3 N–H and O–H groups in total. The Morgan fingerprint density at radius 2 is 2.20 bits per heavy atom. The molecule has 0 aliphatic heterocycles. The molecule has 0 unspecified atom stereocenters. The third kappa shape index (κ3) is 2.28. The highest BCUT2D eigenvalue weighted by Crippen LogP contribution is 2.19. The van der Waals surface area contributed by atoms with Crippen LogP contribution in [0.15, 0.2) is 41.2 Å². The quantitative estimate of drug-likeness (QED) is 0.738. The molecule has 0 atom stereocenters. The Bertz CT molecular complexity index is 755. The van der Waals surface area contributed by atoms with E-state index in [9.17, 15) is 4.79 Å². The van der Waals surface area contributed by atoms with Crippen molar-refractivity contribution in [2.45, 2.75) is 6.54 Å². The minimum Gasteiger partial charge on any atom is -0.383 e. The lowest BCUT2D eigenvalue weighted by Crippen LogP contribution is -2.24. The van der Waals surface area contributed by atoms with E-state index in [1.165, 1.54) is 6.39 Å². The average molecular weight is 269 g/mol. The molecule has 0 saturated heterocycles. The number of hydrogen-bond acceptors (Lipinski definition) is 6. The number of nitrogen functional groups attached to an aromatic ring is 1. The predicted octanol–water partition coefficient (Wildman–Crippen LogP) is 1.13. The monoisotopic (exact) mass is 269 g/mol. The Kier molecular flexibility index (Phi) is 3.00. The largest absolute Gasteiger partial charge is 0.383 e. The molecule has 1 aromatic carbocycles. The highest BCUT2D eigenvalue weighted by atomic mass is 16.5. The van der Waals surface area contributed by atoms with Crippen LogP contribution in [0.25, 0.3) is 10.8 Å². The third-order valence-electron chi connectivity index (χ3n) is 2.82. The highest BCUT2D eigenvalue weighted by Gasteiger charge is 2.11. The van der Waals surface area contributed by atoms with E-state index < -0.39 is 0 Å². The summed E-state index contributed by atoms with van der Waals surface area (Å²) in [6.45, 7) is 0.170. The summed E-state index contributed by atoms with van der Waals surface area (Å²) >= 11 is 0. The number of amides is 1. The Labute approximate surface area is 113 Å². The second-order valence-electron chi connectivity index (χ2n) is 4.14. The van der Waals surface area contributed by atoms with Crippen molar-refractivity contribution in [2.24, 2.45) is 0 Å². The SMILES string of the molecule is Nc1nc(C(=O)NCc2ncon2)cc2ccccc12. The maximum Gasteiger partial charge on any atom is 0.270 e. The van der Waals surface area contributed by atoms with Gasteiger partial charge in [0.15, 0.2) is 5.82 Å². The molecule has 0 aliphatic rings. The fraction of sp³-hybridized carbons (Fsp3) is 0.0769. The number of nitrogens with zero attached hydrogens (tertiary/aromatic N) is 3. The Morgan fingerprint density at radius 3 is 3.00 bits per heavy atom. The summed E-state index contributed by atoms with van der Waals surface area (Å²) in [5.41, 5.74) is 6.11. The molecule has 7 nitrogen and oxygen atoms in total. The number of carbonyl (C=O) groups is 1. The van der Waals surface area contributed by atoms with E-state index in [0.717, 1.165) is 10.8 Å². The lowest BCUT2D eigenvalue weighted by molar-refractivity contribution is 0.0945. The topological polar surface area (TPSA) is 107 Å². The Balaban J connectivity index is 1.84. The third-order valence-corrected chi connectivity index (χ3v) is 2.82. The van der Waals surface area contributed by atoms with E-state index in [0.29, 0.717) is 11.6 Å². The Hall–Kier alpha value is -2.96. The van der Waals surface area contributed by atoms with Crippen molar-refractivity contribution in [1.82, 2.24) is 20.4 Å². The summed E-state index contributed by atoms with van der Waals surface area (Å²) in [6, 6.07) is 9.18. The number of rotatable bonds is 3. The van der Waals surface area contributed by atoms with Gasteiger partial charge in [-0.25, -0.2) is 4.98 Å². The van der Waals surface area contributed by atoms with Gasteiger partial charge in [0.2, 0.25) is 6.39 Å². The molecular formula is C13H11N5O2. The first-order valence-electron chi connectivity index (χ1n) is 5.93. The van der Waals surface area contributed by atoms with Gasteiger partial charge in [-0.15, -0.1) is 0 Å². The molecule has 7 heteroatoms. The maximum atomic E-state index is 12.0. The van der Waals surface area contributed by atoms with E-state index in [1.807, 2.05) is 24.3 Å². The van der Waals surface area contributed by atoms with Crippen molar-refractivity contribution in [3.8, 4) is 0 Å². The van der Waals surface area contributed by atoms with E-state index in [1.54, 1.807) is 6.07 Å². The van der Waals surface area contributed by atoms with Gasteiger partial charge >= 0.3 is 0 Å². The molecule has 3 rings (SSSR count). The zero-order valence-electron chi connectivity index (χ0n) is 10.4. The second kappa shape index (κ2) is 4.96. The number of fused-ring (bicyclic) bond motifs is 1. The number of anilines is 1. The zero-order chi connectivity index (χ0) is 13.9. The molecule has 2 heterocycles. The van der Waals surface area contributed by atoms with Gasteiger partial charge in [-0.3, -0.25) is 4.79 Å². The van der Waals surface area contributed by atoms with Gasteiger partial charge in [0, 0.05) is 5.39 Å². The number of aromatic nitrogens is 3. The summed E-state index contributed by atoms with van der Waals surface area (Å²) in [4.78, 5) is 19.9. The molecule has 0 fully saturated rings. The maximum absolute atomic E-state index is 12.0. The lowest BCUT2D eigenvalue weighted by atomic mass is 10.1. The minimum atomic E-state index is -0.341. The van der Waals surface area contributed by atoms with Gasteiger partial charge in [0.25, 0.3) is 5.91 Å². The van der Waals surface area contributed by atoms with Crippen molar-refractivity contribution in [3.05, 3.63) is 48.2 Å². The molecule has 3 aromatic rings. The minimum absolute atomic E-state index is 0.170. The smallest absolute Gasteiger partial charge is 0.270 e. The van der Waals surface area contributed by atoms with Crippen LogP contribution in [-0.2, 0) is 6.54 Å². The van der Waals surface area contributed by atoms with E-state index >= 15 is 0 Å². The van der Waals surface area contributed by atoms with Gasteiger partial charge in [-0.2, -0.15) is 4.98 Å². The van der Waals surface area contributed by atoms with Gasteiger partial charge in [-0.1, -0.05) is 29.4 Å². The molecule has 20 heavy (non-hydrogen) atoms. The van der Waals surface area contributed by atoms with Crippen LogP contribution in [-0.4, -0.2) is 21.0 Å². The first-order chi connectivity index (χ1) is 9.74. The first kappa shape index (κ1) is 12.1. The first-order valence-corrected chi connectivity index (χ1v) is 5.93. The van der Waals surface area contributed by atoms with Gasteiger partial charge in [0.05, 0.1) is 6.54 Å². The molecule has 0 bridgehead atoms. The Morgan fingerprint density at radius 1 is 1.35 bits per heavy atom. The second-order valence-corrected chi connectivity index (χ2v) is 4.14. The van der Waals surface area contributed by atoms with Crippen LogP contribution in [0.2, 0.25) is 0 Å². The van der Waals surface area contributed by atoms with Crippen molar-refractivity contribution in [1.29, 1.82) is 0 Å². The summed E-state index contributed by atoms with van der Waals surface area (Å²) < 4.78 is 4.58. The number of pyridine rings is 1. The van der Waals surface area contributed by atoms with Crippen molar-refractivity contribution < 1.29 is 9.32 Å². The van der Waals surface area contributed by atoms with Crippen LogP contribution in [0, 0.1) is 0 Å². The van der Waals surface area contributed by atoms with Crippen LogP contribution in [0.4, 0.5) is 5.82 Å². The van der Waals surface area contributed by atoms with E-state index in [-0.39, 0.29) is 18.1 Å². The summed E-state index contributed by atoms with van der Waals surface area (Å²) in [6.07, 6.45) is 1.20. The fourth-order valence-corrected chi connectivity index (χ4v) is 1.86. The highest BCUT2D eigenvalue weighted by molar-refractivity contribution is 5.99. The van der Waals surface area contributed by atoms with Crippen molar-refractivity contribution in [3.63, 3.8) is 0 Å². The molecule has 0 aliphatic carbocycles. The average Bonchev–Trinajstić information content (AvgIpc) is 2.98. The van der Waals surface area contributed by atoms with Crippen LogP contribution in [0.3, 0.4) is 0 Å². The zero-order valence-corrected chi connectivity index (χ0v) is 10.4. The van der Waals surface area contributed by atoms with Gasteiger partial charge in [0.1, 0.15) is 11.5 Å². The summed E-state index contributed by atoms with van der Waals surface area (Å²) in [7, 11) is 0. The molecule has 0 radical (unpaired) electrons. The molecule has 2 aromatic heterocycles. The molecule has 1 amide bonds. The number of hydrogen-bond donors (Lipinski definition) is 2. The van der Waals surface area contributed by atoms with Gasteiger partial charge < -0.3 is 15.6 Å². The summed E-state index contributed by atoms with van der Waals surface area (Å²) in [5.74, 6) is 0.382. The van der Waals surface area contributed by atoms with Crippen molar-refractivity contribution in [2.75, 3.05) is 5.73 Å². The molecule has 100 valence electrons. The van der Waals surface area contributed by atoms with Crippen molar-refractivity contribution >= 4 is 22.5 Å². The number of carbonyl (C=O) groups excluding carboxylic acids is 1. The lowest BCUT2D eigenvalue weighted by Gasteiger charge is -2.06. The van der Waals surface area contributed by atoms with Crippen LogP contribution in [0.5, 0.6) is 0 Å². The number of benzene rings is 1. The number of nitrogens with one attached hydrogen (secondary N) is 1. The predicted molar refractivity (Wildman–Crippen MR) is 71.6 cm³/mol. The standard InChI is InChI=1S/C13H11N5O2/c14-12-9-4-2-1-3-8(9)5-10(17-12)13(19)15-6-11-16-7-20-18-11/h1-5,7H,6H2,(H2,14,17)(H,15,19). The molecule has 0 saturated carbocycles.